The van der Waals surface area contributed by atoms with Gasteiger partial charge in [-0.2, -0.15) is 0 Å². The number of thioether (sulfide) groups is 1. The Bertz CT molecular complexity index is 365. The highest BCUT2D eigenvalue weighted by Crippen LogP contribution is 2.27. The van der Waals surface area contributed by atoms with Crippen molar-refractivity contribution in [1.29, 1.82) is 0 Å². The van der Waals surface area contributed by atoms with Crippen LogP contribution in [0.5, 0.6) is 0 Å². The summed E-state index contributed by atoms with van der Waals surface area (Å²) in [5.41, 5.74) is 0. The average molecular weight is 272 g/mol. The van der Waals surface area contributed by atoms with Crippen molar-refractivity contribution in [3.63, 3.8) is 0 Å². The summed E-state index contributed by atoms with van der Waals surface area (Å²) in [6, 6.07) is 2.06. The van der Waals surface area contributed by atoms with Crippen molar-refractivity contribution in [3.05, 3.63) is 12.4 Å². The quantitative estimate of drug-likeness (QED) is 0.480. The summed E-state index contributed by atoms with van der Waals surface area (Å²) in [7, 11) is 0. The van der Waals surface area contributed by atoms with Crippen molar-refractivity contribution in [2.24, 2.45) is 5.92 Å². The molecule has 0 saturated carbocycles. The first-order valence-electron chi connectivity index (χ1n) is 5.95. The molecular formula is C12H18ClN3S. The fourth-order valence-corrected chi connectivity index (χ4v) is 2.83. The minimum Gasteiger partial charge on any atom is -0.356 e. The van der Waals surface area contributed by atoms with Gasteiger partial charge in [0.2, 0.25) is 0 Å². The lowest BCUT2D eigenvalue weighted by Gasteiger charge is -2.33. The molecule has 1 aliphatic heterocycles. The molecule has 1 aliphatic rings. The van der Waals surface area contributed by atoms with Crippen LogP contribution in [0.15, 0.2) is 17.4 Å². The largest absolute Gasteiger partial charge is 0.356 e. The second-order valence-corrected chi connectivity index (χ2v) is 5.94. The van der Waals surface area contributed by atoms with Gasteiger partial charge in [-0.1, -0.05) is 0 Å². The second-order valence-electron chi connectivity index (χ2n) is 4.42. The zero-order valence-corrected chi connectivity index (χ0v) is 11.8. The minimum atomic E-state index is 0.282. The van der Waals surface area contributed by atoms with Crippen molar-refractivity contribution >= 4 is 29.2 Å². The molecule has 0 N–H and O–H groups in total. The van der Waals surface area contributed by atoms with Gasteiger partial charge in [-0.05, 0) is 31.9 Å². The van der Waals surface area contributed by atoms with Gasteiger partial charge < -0.3 is 4.90 Å². The fraction of sp³-hybridized carbons (Fsp3) is 0.667. The number of aromatic nitrogens is 2. The van der Waals surface area contributed by atoms with Gasteiger partial charge in [-0.3, -0.25) is 0 Å². The molecule has 0 bridgehead atoms. The molecule has 0 radical (unpaired) electrons. The Hall–Kier alpha value is -0.480. The van der Waals surface area contributed by atoms with Crippen LogP contribution in [0.25, 0.3) is 0 Å². The van der Waals surface area contributed by atoms with E-state index in [0.29, 0.717) is 5.92 Å². The first kappa shape index (κ1) is 13.0. The number of nitrogens with zero attached hydrogens (tertiary/aromatic N) is 3. The van der Waals surface area contributed by atoms with E-state index < -0.39 is 0 Å². The molecule has 1 aromatic heterocycles. The summed E-state index contributed by atoms with van der Waals surface area (Å²) in [5, 5.41) is 1.31. The first-order chi connectivity index (χ1) is 8.20. The highest BCUT2D eigenvalue weighted by Gasteiger charge is 2.23. The zero-order chi connectivity index (χ0) is 12.3. The van der Waals surface area contributed by atoms with Gasteiger partial charge >= 0.3 is 0 Å². The Balaban J connectivity index is 2.00. The van der Waals surface area contributed by atoms with E-state index in [4.69, 9.17) is 11.6 Å². The summed E-state index contributed by atoms with van der Waals surface area (Å²) >= 11 is 7.80. The maximum atomic E-state index is 6.15. The van der Waals surface area contributed by atoms with E-state index >= 15 is 0 Å². The van der Waals surface area contributed by atoms with Gasteiger partial charge in [0.05, 0.1) is 0 Å². The van der Waals surface area contributed by atoms with Crippen LogP contribution < -0.4 is 4.90 Å². The van der Waals surface area contributed by atoms with Crippen LogP contribution in [0.4, 0.5) is 5.82 Å². The highest BCUT2D eigenvalue weighted by atomic mass is 35.5. The third-order valence-electron chi connectivity index (χ3n) is 3.35. The molecule has 1 atom stereocenters. The molecule has 1 saturated heterocycles. The van der Waals surface area contributed by atoms with Crippen molar-refractivity contribution in [1.82, 2.24) is 9.97 Å². The first-order valence-corrected chi connectivity index (χ1v) is 7.62. The number of alkyl halides is 1. The zero-order valence-electron chi connectivity index (χ0n) is 10.3. The molecule has 2 heterocycles. The molecule has 0 aromatic carbocycles. The monoisotopic (exact) mass is 271 g/mol. The van der Waals surface area contributed by atoms with Gasteiger partial charge in [0.1, 0.15) is 17.2 Å². The average Bonchev–Trinajstić information content (AvgIpc) is 2.39. The summed E-state index contributed by atoms with van der Waals surface area (Å²) in [4.78, 5) is 10.9. The molecule has 17 heavy (non-hydrogen) atoms. The summed E-state index contributed by atoms with van der Waals surface area (Å²) in [5.74, 6) is 1.69. The van der Waals surface area contributed by atoms with Crippen LogP contribution >= 0.6 is 23.4 Å². The van der Waals surface area contributed by atoms with Gasteiger partial charge in [-0.25, -0.2) is 9.97 Å². The predicted molar refractivity (Wildman–Crippen MR) is 74.1 cm³/mol. The summed E-state index contributed by atoms with van der Waals surface area (Å²) in [6.07, 6.45) is 6.00. The normalized spacial score (nSPS) is 19.4. The van der Waals surface area contributed by atoms with E-state index in [1.165, 1.54) is 0 Å². The van der Waals surface area contributed by atoms with Gasteiger partial charge in [0, 0.05) is 24.5 Å². The maximum absolute atomic E-state index is 6.15. The fourth-order valence-electron chi connectivity index (χ4n) is 2.20. The Morgan fingerprint density at radius 3 is 2.71 bits per heavy atom. The van der Waals surface area contributed by atoms with E-state index in [9.17, 15) is 0 Å². The molecule has 1 unspecified atom stereocenters. The Kier molecular flexibility index (Phi) is 4.51. The molecular weight excluding hydrogens is 254 g/mol. The third-order valence-corrected chi connectivity index (χ3v) is 4.35. The van der Waals surface area contributed by atoms with Crippen LogP contribution in [0.2, 0.25) is 0 Å². The van der Waals surface area contributed by atoms with E-state index in [0.717, 1.165) is 36.8 Å². The lowest BCUT2D eigenvalue weighted by molar-refractivity contribution is 0.398. The molecule has 0 spiro atoms. The molecule has 1 fully saturated rings. The van der Waals surface area contributed by atoms with Crippen LogP contribution in [0, 0.1) is 5.92 Å². The summed E-state index contributed by atoms with van der Waals surface area (Å²) in [6.45, 7) is 4.19. The molecule has 1 aromatic rings. The number of hydrogen-bond acceptors (Lipinski definition) is 4. The minimum absolute atomic E-state index is 0.282. The van der Waals surface area contributed by atoms with E-state index in [-0.39, 0.29) is 5.38 Å². The molecule has 3 nitrogen and oxygen atoms in total. The van der Waals surface area contributed by atoms with Crippen LogP contribution in [0.3, 0.4) is 0 Å². The Morgan fingerprint density at radius 1 is 1.41 bits per heavy atom. The van der Waals surface area contributed by atoms with Crippen molar-refractivity contribution < 1.29 is 0 Å². The van der Waals surface area contributed by atoms with E-state index in [2.05, 4.69) is 27.9 Å². The molecule has 94 valence electrons. The predicted octanol–water partition coefficient (Wildman–Crippen LogP) is 3.04. The van der Waals surface area contributed by atoms with Crippen molar-refractivity contribution in [2.45, 2.75) is 30.2 Å². The van der Waals surface area contributed by atoms with Crippen LogP contribution in [-0.4, -0.2) is 34.7 Å². The van der Waals surface area contributed by atoms with Crippen LogP contribution in [0.1, 0.15) is 19.8 Å². The highest BCUT2D eigenvalue weighted by molar-refractivity contribution is 7.98. The number of halogens is 1. The van der Waals surface area contributed by atoms with E-state index in [1.807, 2.05) is 6.26 Å². The maximum Gasteiger partial charge on any atom is 0.133 e. The standard InChI is InChI=1S/C12H18ClN3S/c1-9(13)10-3-5-16(6-4-10)11-7-12(17-2)15-8-14-11/h7-10H,3-6H2,1-2H3. The lowest BCUT2D eigenvalue weighted by Crippen LogP contribution is -2.36. The van der Waals surface area contributed by atoms with Gasteiger partial charge in [-0.15, -0.1) is 23.4 Å². The van der Waals surface area contributed by atoms with Crippen LogP contribution in [-0.2, 0) is 0 Å². The number of anilines is 1. The molecule has 0 aliphatic carbocycles. The smallest absolute Gasteiger partial charge is 0.133 e. The van der Waals surface area contributed by atoms with Gasteiger partial charge in [0.15, 0.2) is 0 Å². The van der Waals surface area contributed by atoms with Crippen molar-refractivity contribution in [3.8, 4) is 0 Å². The number of piperidine rings is 1. The van der Waals surface area contributed by atoms with Gasteiger partial charge in [0.25, 0.3) is 0 Å². The van der Waals surface area contributed by atoms with E-state index in [1.54, 1.807) is 18.1 Å². The summed E-state index contributed by atoms with van der Waals surface area (Å²) < 4.78 is 0. The second kappa shape index (κ2) is 5.91. The SMILES string of the molecule is CSc1cc(N2CCC(C(C)Cl)CC2)ncn1. The Morgan fingerprint density at radius 2 is 2.12 bits per heavy atom. The van der Waals surface area contributed by atoms with Crippen molar-refractivity contribution in [2.75, 3.05) is 24.2 Å². The topological polar surface area (TPSA) is 29.0 Å². The Labute approximate surface area is 112 Å². The number of hydrogen-bond donors (Lipinski definition) is 0. The number of rotatable bonds is 3. The molecule has 0 amide bonds. The molecule has 2 rings (SSSR count). The third kappa shape index (κ3) is 3.26. The molecule has 5 heteroatoms. The lowest BCUT2D eigenvalue weighted by atomic mass is 9.94.